The van der Waals surface area contributed by atoms with Gasteiger partial charge in [-0.15, -0.1) is 0 Å². The average molecular weight is 610 g/mol. The first kappa shape index (κ1) is 39.8. The van der Waals surface area contributed by atoms with Crippen LogP contribution in [0.25, 0.3) is 0 Å². The standard InChI is InChI=1S/C23H42N4O4.C6H7NO2.CH2O2/c1-3-5-26-6-4-10-28-14-15-30-12-8-27(9-13-31-17-16-29-11-7-26)20-23-19-22(24)18-21(2)25-23;1-3-4-5(7-2)6(8)9;2-1-3/h18-19H,3-17,20H2,1-2H3,(H2,24,25);3-4H,1-2H2,(H,8,9);1H,(H,2,3)/b;5-4-;. The van der Waals surface area contributed by atoms with E-state index in [4.69, 9.17) is 39.7 Å². The highest BCUT2D eigenvalue weighted by Crippen LogP contribution is 2.10. The maximum absolute atomic E-state index is 10.1. The minimum atomic E-state index is -1.09. The summed E-state index contributed by atoms with van der Waals surface area (Å²) >= 11 is 0. The third-order valence-electron chi connectivity index (χ3n) is 5.78. The number of nitrogens with zero attached hydrogens (tertiary/aromatic N) is 4. The molecule has 0 saturated carbocycles. The van der Waals surface area contributed by atoms with E-state index in [0.717, 1.165) is 82.4 Å². The highest BCUT2D eigenvalue weighted by Gasteiger charge is 2.09. The highest BCUT2D eigenvalue weighted by molar-refractivity contribution is 5.87. The molecule has 0 radical (unpaired) electrons. The number of nitrogen functional groups attached to an aromatic ring is 1. The molecule has 0 spiro atoms. The van der Waals surface area contributed by atoms with Gasteiger partial charge in [0.25, 0.3) is 6.47 Å². The number of aliphatic imine (C=N–C) groups is 1. The van der Waals surface area contributed by atoms with Crippen LogP contribution >= 0.6 is 0 Å². The molecule has 244 valence electrons. The summed E-state index contributed by atoms with van der Waals surface area (Å²) in [5.41, 5.74) is 8.55. The van der Waals surface area contributed by atoms with Crippen molar-refractivity contribution in [3.63, 3.8) is 0 Å². The van der Waals surface area contributed by atoms with E-state index in [0.29, 0.717) is 39.6 Å². The van der Waals surface area contributed by atoms with Crippen molar-refractivity contribution < 1.29 is 38.7 Å². The Morgan fingerprint density at radius 3 is 1.98 bits per heavy atom. The minimum absolute atomic E-state index is 0.0926. The molecule has 0 aromatic carbocycles. The molecule has 43 heavy (non-hydrogen) atoms. The summed E-state index contributed by atoms with van der Waals surface area (Å²) in [5.74, 6) is -1.09. The fraction of sp³-hybridized carbons (Fsp3) is 0.600. The van der Waals surface area contributed by atoms with E-state index in [1.54, 1.807) is 0 Å². The molecule has 0 atom stereocenters. The first-order valence-corrected chi connectivity index (χ1v) is 14.4. The summed E-state index contributed by atoms with van der Waals surface area (Å²) < 4.78 is 23.1. The lowest BCUT2D eigenvalue weighted by Crippen LogP contribution is -2.31. The normalized spacial score (nSPS) is 17.3. The van der Waals surface area contributed by atoms with Gasteiger partial charge in [-0.05, 0) is 51.2 Å². The molecule has 0 aliphatic carbocycles. The van der Waals surface area contributed by atoms with E-state index in [2.05, 4.69) is 40.0 Å². The van der Waals surface area contributed by atoms with Crippen LogP contribution in [0.2, 0.25) is 0 Å². The van der Waals surface area contributed by atoms with Crippen molar-refractivity contribution in [3.05, 3.63) is 47.9 Å². The Balaban J connectivity index is 0.00000124. The molecular formula is C30H51N5O8. The fourth-order valence-electron chi connectivity index (χ4n) is 3.92. The van der Waals surface area contributed by atoms with Crippen LogP contribution in [-0.2, 0) is 35.1 Å². The number of hydrogen-bond donors (Lipinski definition) is 3. The van der Waals surface area contributed by atoms with Crippen LogP contribution in [-0.4, -0.2) is 130 Å². The number of ether oxygens (including phenoxy) is 4. The molecule has 4 N–H and O–H groups in total. The van der Waals surface area contributed by atoms with Crippen LogP contribution in [0.15, 0.2) is 41.6 Å². The predicted octanol–water partition coefficient (Wildman–Crippen LogP) is 2.50. The quantitative estimate of drug-likeness (QED) is 0.179. The molecule has 2 rings (SSSR count). The van der Waals surface area contributed by atoms with Gasteiger partial charge < -0.3 is 39.8 Å². The number of hydrogen-bond acceptors (Lipinski definition) is 11. The molecule has 0 amide bonds. The molecule has 13 heteroatoms. The van der Waals surface area contributed by atoms with Gasteiger partial charge in [-0.2, -0.15) is 0 Å². The molecule has 0 unspecified atom stereocenters. The molecule has 13 nitrogen and oxygen atoms in total. The van der Waals surface area contributed by atoms with Crippen molar-refractivity contribution in [1.82, 2.24) is 14.8 Å². The van der Waals surface area contributed by atoms with Gasteiger partial charge in [-0.1, -0.05) is 19.6 Å². The summed E-state index contributed by atoms with van der Waals surface area (Å²) in [5, 5.41) is 15.1. The van der Waals surface area contributed by atoms with Gasteiger partial charge in [0, 0.05) is 50.7 Å². The van der Waals surface area contributed by atoms with E-state index >= 15 is 0 Å². The Morgan fingerprint density at radius 1 is 1.00 bits per heavy atom. The number of aliphatic carboxylic acids is 1. The van der Waals surface area contributed by atoms with E-state index in [1.165, 1.54) is 12.2 Å². The SMILES string of the molecule is C=C/C=C(\N=C)C(=O)O.CCCN1CCCOCCOCCN(Cc2cc(N)cc(C)n2)CCOCCOCC1.O=CO. The first-order chi connectivity index (χ1) is 20.8. The van der Waals surface area contributed by atoms with Gasteiger partial charge in [0.05, 0.1) is 51.9 Å². The number of carboxylic acid groups (broad SMARTS) is 2. The molecule has 2 heterocycles. The van der Waals surface area contributed by atoms with Gasteiger partial charge in [-0.3, -0.25) is 19.7 Å². The third-order valence-corrected chi connectivity index (χ3v) is 5.78. The van der Waals surface area contributed by atoms with Crippen LogP contribution in [0.1, 0.15) is 31.2 Å². The number of aromatic nitrogens is 1. The van der Waals surface area contributed by atoms with Crippen LogP contribution in [0, 0.1) is 6.92 Å². The predicted molar refractivity (Wildman–Crippen MR) is 167 cm³/mol. The summed E-state index contributed by atoms with van der Waals surface area (Å²) in [4.78, 5) is 31.0. The highest BCUT2D eigenvalue weighted by atomic mass is 16.5. The molecule has 1 fully saturated rings. The largest absolute Gasteiger partial charge is 0.483 e. The van der Waals surface area contributed by atoms with E-state index < -0.39 is 5.97 Å². The van der Waals surface area contributed by atoms with Crippen LogP contribution in [0.4, 0.5) is 5.69 Å². The fourth-order valence-corrected chi connectivity index (χ4v) is 3.92. The lowest BCUT2D eigenvalue weighted by atomic mass is 10.2. The average Bonchev–Trinajstić information content (AvgIpc) is 2.95. The molecular weight excluding hydrogens is 558 g/mol. The Labute approximate surface area is 256 Å². The number of carbonyl (C=O) groups is 2. The molecule has 1 aliphatic rings. The van der Waals surface area contributed by atoms with Crippen LogP contribution in [0.3, 0.4) is 0 Å². The van der Waals surface area contributed by atoms with Crippen molar-refractivity contribution in [2.75, 3.05) is 91.3 Å². The lowest BCUT2D eigenvalue weighted by molar-refractivity contribution is -0.132. The molecule has 1 aliphatic heterocycles. The van der Waals surface area contributed by atoms with Crippen LogP contribution < -0.4 is 5.73 Å². The Hall–Kier alpha value is -3.20. The number of nitrogens with two attached hydrogens (primary N) is 1. The van der Waals surface area contributed by atoms with Crippen LogP contribution in [0.5, 0.6) is 0 Å². The number of rotatable bonds is 7. The number of allylic oxidation sites excluding steroid dienone is 2. The van der Waals surface area contributed by atoms with Gasteiger partial charge in [0.15, 0.2) is 0 Å². The number of pyridine rings is 1. The second kappa shape index (κ2) is 27.6. The molecule has 1 aromatic heterocycles. The first-order valence-electron chi connectivity index (χ1n) is 14.4. The van der Waals surface area contributed by atoms with Gasteiger partial charge in [-0.25, -0.2) is 4.79 Å². The monoisotopic (exact) mass is 609 g/mol. The minimum Gasteiger partial charge on any atom is -0.483 e. The molecule has 0 bridgehead atoms. The van der Waals surface area contributed by atoms with E-state index in [-0.39, 0.29) is 12.2 Å². The smallest absolute Gasteiger partial charge is 0.354 e. The Bertz CT molecular complexity index is 912. The van der Waals surface area contributed by atoms with Crippen molar-refractivity contribution in [2.45, 2.75) is 33.2 Å². The lowest BCUT2D eigenvalue weighted by Gasteiger charge is -2.22. The van der Waals surface area contributed by atoms with E-state index in [1.807, 2.05) is 19.1 Å². The topological polar surface area (TPSA) is 169 Å². The summed E-state index contributed by atoms with van der Waals surface area (Å²) in [6.07, 6.45) is 4.80. The van der Waals surface area contributed by atoms with Gasteiger partial charge in [0.2, 0.25) is 0 Å². The zero-order valence-corrected chi connectivity index (χ0v) is 25.8. The van der Waals surface area contributed by atoms with E-state index in [9.17, 15) is 4.79 Å². The third kappa shape index (κ3) is 23.0. The summed E-state index contributed by atoms with van der Waals surface area (Å²) in [6.45, 7) is 21.0. The zero-order valence-electron chi connectivity index (χ0n) is 25.8. The number of anilines is 1. The van der Waals surface area contributed by atoms with Crippen molar-refractivity contribution in [2.24, 2.45) is 4.99 Å². The van der Waals surface area contributed by atoms with Gasteiger partial charge >= 0.3 is 5.97 Å². The van der Waals surface area contributed by atoms with Crippen molar-refractivity contribution >= 4 is 24.8 Å². The second-order valence-corrected chi connectivity index (χ2v) is 9.31. The number of aryl methyl sites for hydroxylation is 1. The Kier molecular flexibility index (Phi) is 25.6. The maximum Gasteiger partial charge on any atom is 0.354 e. The van der Waals surface area contributed by atoms with Crippen molar-refractivity contribution in [1.29, 1.82) is 0 Å². The number of carboxylic acids is 1. The molecule has 1 saturated heterocycles. The van der Waals surface area contributed by atoms with Crippen molar-refractivity contribution in [3.8, 4) is 0 Å². The summed E-state index contributed by atoms with van der Waals surface area (Å²) in [7, 11) is 0. The Morgan fingerprint density at radius 2 is 1.53 bits per heavy atom. The van der Waals surface area contributed by atoms with Gasteiger partial charge in [0.1, 0.15) is 5.70 Å². The summed E-state index contributed by atoms with van der Waals surface area (Å²) in [6, 6.07) is 3.82. The zero-order chi connectivity index (χ0) is 32.1. The molecule has 1 aromatic rings. The second-order valence-electron chi connectivity index (χ2n) is 9.31. The maximum atomic E-state index is 10.1.